The van der Waals surface area contributed by atoms with E-state index in [1.807, 2.05) is 36.4 Å². The van der Waals surface area contributed by atoms with Crippen LogP contribution in [0.1, 0.15) is 41.7 Å². The first kappa shape index (κ1) is 35.0. The van der Waals surface area contributed by atoms with Gasteiger partial charge in [0.1, 0.15) is 11.5 Å². The fourth-order valence-electron chi connectivity index (χ4n) is 4.66. The van der Waals surface area contributed by atoms with E-state index in [1.54, 1.807) is 56.7 Å². The van der Waals surface area contributed by atoms with Crippen LogP contribution in [0.5, 0.6) is 34.5 Å². The van der Waals surface area contributed by atoms with Crippen molar-refractivity contribution < 1.29 is 35.0 Å². The maximum Gasteiger partial charge on any atom is 0.160 e. The van der Waals surface area contributed by atoms with Crippen LogP contribution < -0.4 is 20.1 Å². The first-order valence-corrected chi connectivity index (χ1v) is 15.1. The summed E-state index contributed by atoms with van der Waals surface area (Å²) in [6, 6.07) is 25.1. The van der Waals surface area contributed by atoms with Gasteiger partial charge in [-0.3, -0.25) is 0 Å². The van der Waals surface area contributed by atoms with Crippen LogP contribution in [0.15, 0.2) is 84.9 Å². The Hall–Kier alpha value is -4.44. The SMILES string of the molecule is CC(CCc1ccc(O)cc1)NCCc1ccc(O)c(O)c1.COc1ccc(CCNCC(O)c2ccc(O)cc2)cc1OC. The number of ether oxygens (including phenoxy) is 2. The van der Waals surface area contributed by atoms with E-state index >= 15 is 0 Å². The monoisotopic (exact) mass is 618 g/mol. The Balaban J connectivity index is 0.000000246. The number of rotatable bonds is 15. The molecule has 0 aliphatic heterocycles. The van der Waals surface area contributed by atoms with Gasteiger partial charge in [0.15, 0.2) is 23.0 Å². The second kappa shape index (κ2) is 18.4. The highest BCUT2D eigenvalue weighted by atomic mass is 16.5. The molecule has 0 spiro atoms. The van der Waals surface area contributed by atoms with Crippen LogP contribution >= 0.6 is 0 Å². The van der Waals surface area contributed by atoms with E-state index in [-0.39, 0.29) is 17.2 Å². The third-order valence-corrected chi connectivity index (χ3v) is 7.40. The van der Waals surface area contributed by atoms with Gasteiger partial charge in [0.25, 0.3) is 0 Å². The number of hydrogen-bond acceptors (Lipinski definition) is 9. The summed E-state index contributed by atoms with van der Waals surface area (Å²) in [5, 5.41) is 54.0. The first-order chi connectivity index (χ1) is 21.7. The first-order valence-electron chi connectivity index (χ1n) is 15.1. The standard InChI is InChI=1S/C18H23NO4.C18H23NO3/c1-22-17-8-3-13(11-18(17)23-2)9-10-19-12-16(21)14-4-6-15(20)7-5-14;1-13(2-3-14-4-7-16(20)8-5-14)19-11-10-15-6-9-17(21)18(22)12-15/h3-8,11,16,19-21H,9-10,12H2,1-2H3;4-9,12-13,19-22H,2-3,10-11H2,1H3. The third-order valence-electron chi connectivity index (χ3n) is 7.40. The van der Waals surface area contributed by atoms with Gasteiger partial charge < -0.3 is 45.6 Å². The largest absolute Gasteiger partial charge is 0.508 e. The number of benzene rings is 4. The highest BCUT2D eigenvalue weighted by Crippen LogP contribution is 2.28. The molecule has 7 N–H and O–H groups in total. The van der Waals surface area contributed by atoms with Gasteiger partial charge in [0, 0.05) is 12.6 Å². The van der Waals surface area contributed by atoms with Crippen LogP contribution in [0.2, 0.25) is 0 Å². The molecule has 0 bridgehead atoms. The van der Waals surface area contributed by atoms with Crippen molar-refractivity contribution in [1.29, 1.82) is 0 Å². The van der Waals surface area contributed by atoms with Gasteiger partial charge >= 0.3 is 0 Å². The number of hydrogen-bond donors (Lipinski definition) is 7. The summed E-state index contributed by atoms with van der Waals surface area (Å²) < 4.78 is 10.5. The summed E-state index contributed by atoms with van der Waals surface area (Å²) in [5.74, 6) is 1.77. The number of phenolic OH excluding ortho intramolecular Hbond substituents is 4. The number of nitrogens with one attached hydrogen (secondary N) is 2. The molecular weight excluding hydrogens is 572 g/mol. The van der Waals surface area contributed by atoms with Gasteiger partial charge in [-0.1, -0.05) is 36.4 Å². The van der Waals surface area contributed by atoms with Gasteiger partial charge in [-0.25, -0.2) is 0 Å². The molecule has 4 aromatic carbocycles. The van der Waals surface area contributed by atoms with Crippen molar-refractivity contribution in [2.45, 2.75) is 44.8 Å². The smallest absolute Gasteiger partial charge is 0.160 e. The summed E-state index contributed by atoms with van der Waals surface area (Å²) in [7, 11) is 3.23. The highest BCUT2D eigenvalue weighted by molar-refractivity contribution is 5.43. The van der Waals surface area contributed by atoms with Crippen LogP contribution in [0.4, 0.5) is 0 Å². The Morgan fingerprint density at radius 2 is 1.20 bits per heavy atom. The van der Waals surface area contributed by atoms with Crippen LogP contribution in [-0.4, -0.2) is 65.4 Å². The molecule has 2 unspecified atom stereocenters. The molecule has 9 heteroatoms. The molecule has 0 fully saturated rings. The van der Waals surface area contributed by atoms with Crippen molar-refractivity contribution in [3.05, 3.63) is 107 Å². The van der Waals surface area contributed by atoms with Gasteiger partial charge in [0.2, 0.25) is 0 Å². The van der Waals surface area contributed by atoms with E-state index < -0.39 is 6.10 Å². The van der Waals surface area contributed by atoms with Gasteiger partial charge in [-0.15, -0.1) is 0 Å². The number of aromatic hydroxyl groups is 4. The fourth-order valence-corrected chi connectivity index (χ4v) is 4.66. The number of aliphatic hydroxyl groups is 1. The lowest BCUT2D eigenvalue weighted by Gasteiger charge is -2.14. The summed E-state index contributed by atoms with van der Waals surface area (Å²) in [5.41, 5.74) is 4.12. The molecule has 45 heavy (non-hydrogen) atoms. The molecule has 0 saturated heterocycles. The Bertz CT molecular complexity index is 1430. The fraction of sp³-hybridized carbons (Fsp3) is 0.333. The maximum absolute atomic E-state index is 10.1. The number of phenols is 4. The van der Waals surface area contributed by atoms with Crippen LogP contribution in [0.25, 0.3) is 0 Å². The summed E-state index contributed by atoms with van der Waals surface area (Å²) in [6.45, 7) is 4.17. The Labute approximate surface area is 265 Å². The zero-order chi connectivity index (χ0) is 32.6. The molecule has 0 aliphatic rings. The Morgan fingerprint density at radius 1 is 0.622 bits per heavy atom. The van der Waals surface area contributed by atoms with Gasteiger partial charge in [-0.2, -0.15) is 0 Å². The zero-order valence-corrected chi connectivity index (χ0v) is 26.2. The molecule has 0 aliphatic carbocycles. The van der Waals surface area contributed by atoms with E-state index in [1.165, 1.54) is 11.6 Å². The van der Waals surface area contributed by atoms with Crippen LogP contribution in [0.3, 0.4) is 0 Å². The van der Waals surface area contributed by atoms with Crippen LogP contribution in [0, 0.1) is 0 Å². The Kier molecular flexibility index (Phi) is 14.3. The molecule has 9 nitrogen and oxygen atoms in total. The molecule has 0 heterocycles. The van der Waals surface area contributed by atoms with Crippen molar-refractivity contribution in [3.8, 4) is 34.5 Å². The number of aliphatic hydroxyl groups excluding tert-OH is 1. The summed E-state index contributed by atoms with van der Waals surface area (Å²) in [4.78, 5) is 0. The molecule has 0 amide bonds. The lowest BCUT2D eigenvalue weighted by Crippen LogP contribution is -2.28. The second-order valence-corrected chi connectivity index (χ2v) is 10.9. The highest BCUT2D eigenvalue weighted by Gasteiger charge is 2.08. The van der Waals surface area contributed by atoms with Crippen LogP contribution in [-0.2, 0) is 19.3 Å². The maximum atomic E-state index is 10.1. The number of methoxy groups -OCH3 is 2. The Morgan fingerprint density at radius 3 is 1.84 bits per heavy atom. The average molecular weight is 619 g/mol. The van der Waals surface area contributed by atoms with E-state index in [4.69, 9.17) is 9.47 Å². The van der Waals surface area contributed by atoms with Gasteiger partial charge in [0.05, 0.1) is 20.3 Å². The summed E-state index contributed by atoms with van der Waals surface area (Å²) in [6.07, 6.45) is 3.01. The quantitative estimate of drug-likeness (QED) is 0.0704. The molecule has 242 valence electrons. The predicted molar refractivity (Wildman–Crippen MR) is 177 cm³/mol. The minimum atomic E-state index is -0.596. The average Bonchev–Trinajstić information content (AvgIpc) is 3.05. The van der Waals surface area contributed by atoms with Crippen molar-refractivity contribution in [2.24, 2.45) is 0 Å². The topological polar surface area (TPSA) is 144 Å². The van der Waals surface area contributed by atoms with E-state index in [0.717, 1.165) is 55.5 Å². The zero-order valence-electron chi connectivity index (χ0n) is 26.2. The molecule has 0 radical (unpaired) electrons. The molecular formula is C36H46N2O7. The summed E-state index contributed by atoms with van der Waals surface area (Å²) >= 11 is 0. The van der Waals surface area contributed by atoms with E-state index in [2.05, 4.69) is 17.6 Å². The predicted octanol–water partition coefficient (Wildman–Crippen LogP) is 5.23. The van der Waals surface area contributed by atoms with Crippen molar-refractivity contribution in [2.75, 3.05) is 33.9 Å². The molecule has 4 aromatic rings. The lowest BCUT2D eigenvalue weighted by atomic mass is 10.1. The third kappa shape index (κ3) is 12.2. The molecule has 0 saturated carbocycles. The second-order valence-electron chi connectivity index (χ2n) is 10.9. The molecule has 0 aromatic heterocycles. The minimum absolute atomic E-state index is 0.0714. The lowest BCUT2D eigenvalue weighted by molar-refractivity contribution is 0.175. The normalized spacial score (nSPS) is 12.1. The number of aryl methyl sites for hydroxylation is 1. The van der Waals surface area contributed by atoms with Crippen molar-refractivity contribution in [3.63, 3.8) is 0 Å². The molecule has 2 atom stereocenters. The van der Waals surface area contributed by atoms with Crippen molar-refractivity contribution >= 4 is 0 Å². The minimum Gasteiger partial charge on any atom is -0.508 e. The van der Waals surface area contributed by atoms with Crippen molar-refractivity contribution in [1.82, 2.24) is 10.6 Å². The van der Waals surface area contributed by atoms with E-state index in [0.29, 0.717) is 29.8 Å². The van der Waals surface area contributed by atoms with Gasteiger partial charge in [-0.05, 0) is 116 Å². The van der Waals surface area contributed by atoms with E-state index in [9.17, 15) is 25.5 Å². The molecule has 4 rings (SSSR count).